The molecule has 0 amide bonds. The molecule has 0 aromatic rings. The van der Waals surface area contributed by atoms with Crippen LogP contribution in [-0.4, -0.2) is 50.3 Å². The molecule has 106 valence electrons. The molecule has 0 spiro atoms. The van der Waals surface area contributed by atoms with Crippen molar-refractivity contribution in [3.05, 3.63) is 0 Å². The molecule has 2 fully saturated rings. The summed E-state index contributed by atoms with van der Waals surface area (Å²) in [5.41, 5.74) is 0. The van der Waals surface area contributed by atoms with Gasteiger partial charge >= 0.3 is 0 Å². The van der Waals surface area contributed by atoms with E-state index in [0.717, 1.165) is 19.3 Å². The summed E-state index contributed by atoms with van der Waals surface area (Å²) in [6, 6.07) is 1.44. The van der Waals surface area contributed by atoms with Crippen LogP contribution >= 0.6 is 0 Å². The third-order valence-corrected chi connectivity index (χ3v) is 4.83. The van der Waals surface area contributed by atoms with Gasteiger partial charge in [-0.2, -0.15) is 0 Å². The van der Waals surface area contributed by atoms with Gasteiger partial charge in [0.15, 0.2) is 0 Å². The van der Waals surface area contributed by atoms with Gasteiger partial charge in [0.1, 0.15) is 0 Å². The molecule has 1 saturated heterocycles. The molecule has 0 aromatic carbocycles. The fraction of sp³-hybridized carbons (Fsp3) is 1.00. The van der Waals surface area contributed by atoms with Crippen molar-refractivity contribution in [1.82, 2.24) is 10.2 Å². The van der Waals surface area contributed by atoms with E-state index in [2.05, 4.69) is 24.2 Å². The minimum Gasteiger partial charge on any atom is -0.381 e. The molecule has 3 heteroatoms. The van der Waals surface area contributed by atoms with E-state index in [1.165, 1.54) is 51.6 Å². The Kier molecular flexibility index (Phi) is 5.93. The Bertz CT molecular complexity index is 223. The molecule has 2 atom stereocenters. The van der Waals surface area contributed by atoms with Gasteiger partial charge in [0, 0.05) is 31.2 Å². The molecule has 0 aromatic heterocycles. The number of nitrogens with zero attached hydrogens (tertiary/aromatic N) is 1. The highest BCUT2D eigenvalue weighted by Crippen LogP contribution is 2.24. The zero-order valence-electron chi connectivity index (χ0n) is 12.2. The van der Waals surface area contributed by atoms with E-state index in [4.69, 9.17) is 4.74 Å². The average molecular weight is 254 g/mol. The quantitative estimate of drug-likeness (QED) is 0.787. The van der Waals surface area contributed by atoms with Crippen molar-refractivity contribution < 1.29 is 4.74 Å². The molecule has 2 aliphatic rings. The fourth-order valence-corrected chi connectivity index (χ4v) is 3.58. The van der Waals surface area contributed by atoms with Crippen molar-refractivity contribution in [3.8, 4) is 0 Å². The maximum absolute atomic E-state index is 5.54. The molecule has 1 aliphatic carbocycles. The molecule has 0 radical (unpaired) electrons. The fourth-order valence-electron chi connectivity index (χ4n) is 3.58. The third-order valence-electron chi connectivity index (χ3n) is 4.83. The van der Waals surface area contributed by atoms with Gasteiger partial charge in [0.2, 0.25) is 0 Å². The van der Waals surface area contributed by atoms with E-state index in [-0.39, 0.29) is 0 Å². The number of hydrogen-bond donors (Lipinski definition) is 1. The molecule has 18 heavy (non-hydrogen) atoms. The van der Waals surface area contributed by atoms with Crippen molar-refractivity contribution >= 4 is 0 Å². The summed E-state index contributed by atoms with van der Waals surface area (Å²) in [7, 11) is 2.11. The summed E-state index contributed by atoms with van der Waals surface area (Å²) in [5, 5.41) is 3.53. The van der Waals surface area contributed by atoms with Gasteiger partial charge < -0.3 is 10.1 Å². The summed E-state index contributed by atoms with van der Waals surface area (Å²) in [6.07, 6.45) is 8.35. The maximum atomic E-state index is 5.54. The molecule has 2 rings (SSSR count). The van der Waals surface area contributed by atoms with Crippen LogP contribution in [0.3, 0.4) is 0 Å². The van der Waals surface area contributed by atoms with Crippen molar-refractivity contribution in [2.45, 2.75) is 57.5 Å². The Morgan fingerprint density at radius 2 is 2.00 bits per heavy atom. The second kappa shape index (κ2) is 7.46. The Balaban J connectivity index is 1.86. The topological polar surface area (TPSA) is 24.5 Å². The highest BCUT2D eigenvalue weighted by molar-refractivity contribution is 4.84. The highest BCUT2D eigenvalue weighted by Gasteiger charge is 2.28. The maximum Gasteiger partial charge on any atom is 0.0510 e. The van der Waals surface area contributed by atoms with Crippen molar-refractivity contribution in [2.24, 2.45) is 5.92 Å². The predicted molar refractivity (Wildman–Crippen MR) is 75.9 cm³/mol. The Labute approximate surface area is 112 Å². The van der Waals surface area contributed by atoms with Gasteiger partial charge in [-0.1, -0.05) is 26.2 Å². The van der Waals surface area contributed by atoms with Crippen LogP contribution in [0.15, 0.2) is 0 Å². The lowest BCUT2D eigenvalue weighted by Crippen LogP contribution is -2.48. The molecule has 1 saturated carbocycles. The van der Waals surface area contributed by atoms with Crippen LogP contribution in [0.5, 0.6) is 0 Å². The number of hydrogen-bond acceptors (Lipinski definition) is 3. The van der Waals surface area contributed by atoms with Gasteiger partial charge in [-0.25, -0.2) is 0 Å². The lowest BCUT2D eigenvalue weighted by molar-refractivity contribution is 0.125. The summed E-state index contributed by atoms with van der Waals surface area (Å²) in [4.78, 5) is 2.71. The first kappa shape index (κ1) is 14.3. The first-order valence-electron chi connectivity index (χ1n) is 7.84. The molecule has 1 aliphatic heterocycles. The smallest absolute Gasteiger partial charge is 0.0510 e. The van der Waals surface area contributed by atoms with Crippen LogP contribution in [0.4, 0.5) is 0 Å². The van der Waals surface area contributed by atoms with Crippen LogP contribution in [0.2, 0.25) is 0 Å². The molecular formula is C15H30N2O. The normalized spacial score (nSPS) is 27.8. The SMILES string of the molecule is CCN(CC(NC)C1CCOC1)C1CCCCC1. The van der Waals surface area contributed by atoms with E-state index >= 15 is 0 Å². The zero-order valence-corrected chi connectivity index (χ0v) is 12.2. The molecular weight excluding hydrogens is 224 g/mol. The number of rotatable bonds is 6. The van der Waals surface area contributed by atoms with Gasteiger partial charge in [-0.05, 0) is 32.9 Å². The number of ether oxygens (including phenoxy) is 1. The van der Waals surface area contributed by atoms with Gasteiger partial charge in [-0.3, -0.25) is 4.90 Å². The van der Waals surface area contributed by atoms with Gasteiger partial charge in [0.25, 0.3) is 0 Å². The number of likely N-dealkylation sites (N-methyl/N-ethyl adjacent to an activating group) is 2. The van der Waals surface area contributed by atoms with E-state index in [1.54, 1.807) is 0 Å². The monoisotopic (exact) mass is 254 g/mol. The Morgan fingerprint density at radius 3 is 2.56 bits per heavy atom. The molecule has 1 heterocycles. The molecule has 3 nitrogen and oxygen atoms in total. The van der Waals surface area contributed by atoms with Gasteiger partial charge in [0.05, 0.1) is 6.61 Å². The number of nitrogens with one attached hydrogen (secondary N) is 1. The zero-order chi connectivity index (χ0) is 12.8. The molecule has 1 N–H and O–H groups in total. The van der Waals surface area contributed by atoms with E-state index in [1.807, 2.05) is 0 Å². The predicted octanol–water partition coefficient (Wildman–Crippen LogP) is 2.27. The second-order valence-corrected chi connectivity index (χ2v) is 5.90. The minimum atomic E-state index is 0.606. The summed E-state index contributed by atoms with van der Waals surface area (Å²) in [5.74, 6) is 0.715. The van der Waals surface area contributed by atoms with E-state index in [9.17, 15) is 0 Å². The summed E-state index contributed by atoms with van der Waals surface area (Å²) >= 11 is 0. The molecule has 2 unspecified atom stereocenters. The largest absolute Gasteiger partial charge is 0.381 e. The van der Waals surface area contributed by atoms with Crippen molar-refractivity contribution in [3.63, 3.8) is 0 Å². The average Bonchev–Trinajstić information content (AvgIpc) is 2.95. The summed E-state index contributed by atoms with van der Waals surface area (Å²) in [6.45, 7) is 6.61. The molecule has 0 bridgehead atoms. The standard InChI is InChI=1S/C15H30N2O/c1-3-17(14-7-5-4-6-8-14)11-15(16-2)13-9-10-18-12-13/h13-16H,3-12H2,1-2H3. The lowest BCUT2D eigenvalue weighted by atomic mass is 9.92. The second-order valence-electron chi connectivity index (χ2n) is 5.90. The van der Waals surface area contributed by atoms with Gasteiger partial charge in [-0.15, -0.1) is 0 Å². The van der Waals surface area contributed by atoms with Crippen molar-refractivity contribution in [2.75, 3.05) is 33.4 Å². The van der Waals surface area contributed by atoms with Crippen LogP contribution in [-0.2, 0) is 4.74 Å². The first-order chi connectivity index (χ1) is 8.85. The summed E-state index contributed by atoms with van der Waals surface area (Å²) < 4.78 is 5.54. The van der Waals surface area contributed by atoms with Crippen LogP contribution in [0, 0.1) is 5.92 Å². The Morgan fingerprint density at radius 1 is 1.22 bits per heavy atom. The van der Waals surface area contributed by atoms with Crippen LogP contribution < -0.4 is 5.32 Å². The third kappa shape index (κ3) is 3.69. The van der Waals surface area contributed by atoms with Crippen molar-refractivity contribution in [1.29, 1.82) is 0 Å². The minimum absolute atomic E-state index is 0.606. The van der Waals surface area contributed by atoms with Crippen LogP contribution in [0.25, 0.3) is 0 Å². The Hall–Kier alpha value is -0.120. The van der Waals surface area contributed by atoms with E-state index in [0.29, 0.717) is 12.0 Å². The lowest BCUT2D eigenvalue weighted by Gasteiger charge is -2.37. The van der Waals surface area contributed by atoms with E-state index < -0.39 is 0 Å². The first-order valence-corrected chi connectivity index (χ1v) is 7.84. The van der Waals surface area contributed by atoms with Crippen LogP contribution in [0.1, 0.15) is 45.4 Å². The highest BCUT2D eigenvalue weighted by atomic mass is 16.5.